The Hall–Kier alpha value is -0.580. The van der Waals surface area contributed by atoms with Crippen molar-refractivity contribution in [2.24, 2.45) is 5.92 Å². The van der Waals surface area contributed by atoms with Crippen molar-refractivity contribution in [2.75, 3.05) is 0 Å². The minimum absolute atomic E-state index is 0.190. The second-order valence-corrected chi connectivity index (χ2v) is 6.66. The highest BCUT2D eigenvalue weighted by atomic mass is 79.9. The number of carboxylic acid groups (broad SMARTS) is 1. The molecular formula is C14H15BrClNO2. The number of fused-ring (bicyclic) bond motifs is 2. The Balaban J connectivity index is 1.77. The van der Waals surface area contributed by atoms with Crippen molar-refractivity contribution in [3.63, 3.8) is 0 Å². The minimum atomic E-state index is -0.647. The second kappa shape index (κ2) is 5.08. The first-order valence-electron chi connectivity index (χ1n) is 6.48. The Morgan fingerprint density at radius 3 is 2.89 bits per heavy atom. The SMILES string of the molecule is O=C(O)C1CC2CCC1N2Cc1ccc(Br)c(Cl)c1. The number of rotatable bonds is 3. The number of benzene rings is 1. The average Bonchev–Trinajstić information content (AvgIpc) is 2.91. The third-order valence-electron chi connectivity index (χ3n) is 4.35. The number of carbonyl (C=O) groups is 1. The Kier molecular flexibility index (Phi) is 3.58. The summed E-state index contributed by atoms with van der Waals surface area (Å²) in [6.45, 7) is 0.798. The van der Waals surface area contributed by atoms with Gasteiger partial charge in [-0.15, -0.1) is 0 Å². The molecule has 0 radical (unpaired) electrons. The Morgan fingerprint density at radius 2 is 2.26 bits per heavy atom. The summed E-state index contributed by atoms with van der Waals surface area (Å²) in [5, 5.41) is 9.95. The molecule has 3 atom stereocenters. The highest BCUT2D eigenvalue weighted by molar-refractivity contribution is 9.10. The van der Waals surface area contributed by atoms with Crippen molar-refractivity contribution in [3.8, 4) is 0 Å². The summed E-state index contributed by atoms with van der Waals surface area (Å²) >= 11 is 9.49. The van der Waals surface area contributed by atoms with Gasteiger partial charge in [-0.1, -0.05) is 17.7 Å². The summed E-state index contributed by atoms with van der Waals surface area (Å²) in [6, 6.07) is 6.57. The Morgan fingerprint density at radius 1 is 1.47 bits per heavy atom. The van der Waals surface area contributed by atoms with Gasteiger partial charge in [0.2, 0.25) is 0 Å². The minimum Gasteiger partial charge on any atom is -0.481 e. The fourth-order valence-electron chi connectivity index (χ4n) is 3.46. The molecule has 0 aromatic heterocycles. The summed E-state index contributed by atoms with van der Waals surface area (Å²) in [7, 11) is 0. The summed E-state index contributed by atoms with van der Waals surface area (Å²) in [5.74, 6) is -0.837. The molecule has 3 rings (SSSR count). The number of hydrogen-bond acceptors (Lipinski definition) is 2. The van der Waals surface area contributed by atoms with E-state index in [0.29, 0.717) is 11.1 Å². The molecule has 1 N–H and O–H groups in total. The van der Waals surface area contributed by atoms with Crippen LogP contribution in [-0.2, 0) is 11.3 Å². The van der Waals surface area contributed by atoms with Crippen LogP contribution in [0.4, 0.5) is 0 Å². The standard InChI is InChI=1S/C14H15BrClNO2/c15-11-3-1-8(5-12(11)16)7-17-9-2-4-13(17)10(6-9)14(18)19/h1,3,5,9-10,13H,2,4,6-7H2,(H,18,19). The fraction of sp³-hybridized carbons (Fsp3) is 0.500. The van der Waals surface area contributed by atoms with Crippen molar-refractivity contribution in [2.45, 2.75) is 37.9 Å². The molecule has 2 bridgehead atoms. The molecular weight excluding hydrogens is 330 g/mol. The van der Waals surface area contributed by atoms with E-state index in [0.717, 1.165) is 35.8 Å². The van der Waals surface area contributed by atoms with Crippen LogP contribution in [0.5, 0.6) is 0 Å². The highest BCUT2D eigenvalue weighted by Gasteiger charge is 2.48. The topological polar surface area (TPSA) is 40.5 Å². The van der Waals surface area contributed by atoms with Crippen molar-refractivity contribution < 1.29 is 9.90 Å². The molecule has 2 aliphatic heterocycles. The molecule has 1 aromatic rings. The molecule has 0 spiro atoms. The molecule has 19 heavy (non-hydrogen) atoms. The van der Waals surface area contributed by atoms with Crippen LogP contribution in [0.3, 0.4) is 0 Å². The lowest BCUT2D eigenvalue weighted by molar-refractivity contribution is -0.142. The van der Waals surface area contributed by atoms with Gasteiger partial charge >= 0.3 is 5.97 Å². The Labute approximate surface area is 125 Å². The van der Waals surface area contributed by atoms with Gasteiger partial charge in [0.05, 0.1) is 10.9 Å². The van der Waals surface area contributed by atoms with Gasteiger partial charge < -0.3 is 5.11 Å². The van der Waals surface area contributed by atoms with Gasteiger partial charge in [0, 0.05) is 23.1 Å². The van der Waals surface area contributed by atoms with Crippen LogP contribution in [0, 0.1) is 5.92 Å². The molecule has 2 saturated heterocycles. The van der Waals surface area contributed by atoms with E-state index in [1.807, 2.05) is 18.2 Å². The van der Waals surface area contributed by atoms with Crippen molar-refractivity contribution >= 4 is 33.5 Å². The van der Waals surface area contributed by atoms with E-state index < -0.39 is 5.97 Å². The lowest BCUT2D eigenvalue weighted by Gasteiger charge is -2.22. The van der Waals surface area contributed by atoms with E-state index in [4.69, 9.17) is 11.6 Å². The monoisotopic (exact) mass is 343 g/mol. The molecule has 102 valence electrons. The zero-order valence-electron chi connectivity index (χ0n) is 10.4. The van der Waals surface area contributed by atoms with Crippen LogP contribution < -0.4 is 0 Å². The zero-order valence-corrected chi connectivity index (χ0v) is 12.7. The molecule has 0 aliphatic carbocycles. The summed E-state index contributed by atoms with van der Waals surface area (Å²) in [5.41, 5.74) is 1.15. The van der Waals surface area contributed by atoms with Gasteiger partial charge in [0.1, 0.15) is 0 Å². The molecule has 3 nitrogen and oxygen atoms in total. The largest absolute Gasteiger partial charge is 0.481 e. The average molecular weight is 345 g/mol. The lowest BCUT2D eigenvalue weighted by atomic mass is 9.89. The molecule has 1 aromatic carbocycles. The number of aliphatic carboxylic acids is 1. The summed E-state index contributed by atoms with van der Waals surface area (Å²) in [6.07, 6.45) is 2.93. The van der Waals surface area contributed by atoms with E-state index in [-0.39, 0.29) is 12.0 Å². The Bertz CT molecular complexity index is 522. The second-order valence-electron chi connectivity index (χ2n) is 5.40. The number of nitrogens with zero attached hydrogens (tertiary/aromatic N) is 1. The third-order valence-corrected chi connectivity index (χ3v) is 5.58. The maximum absolute atomic E-state index is 11.2. The van der Waals surface area contributed by atoms with Crippen LogP contribution in [-0.4, -0.2) is 28.1 Å². The summed E-state index contributed by atoms with van der Waals surface area (Å²) < 4.78 is 0.894. The number of halogens is 2. The molecule has 5 heteroatoms. The van der Waals surface area contributed by atoms with Gasteiger partial charge in [-0.3, -0.25) is 9.69 Å². The predicted molar refractivity (Wildman–Crippen MR) is 77.2 cm³/mol. The van der Waals surface area contributed by atoms with E-state index in [1.165, 1.54) is 0 Å². The van der Waals surface area contributed by atoms with E-state index in [1.54, 1.807) is 0 Å². The number of carboxylic acids is 1. The van der Waals surface area contributed by atoms with Crippen LogP contribution in [0.15, 0.2) is 22.7 Å². The van der Waals surface area contributed by atoms with E-state index in [9.17, 15) is 9.90 Å². The van der Waals surface area contributed by atoms with E-state index >= 15 is 0 Å². The maximum Gasteiger partial charge on any atom is 0.308 e. The lowest BCUT2D eigenvalue weighted by Crippen LogP contribution is -2.32. The van der Waals surface area contributed by atoms with Crippen LogP contribution in [0.2, 0.25) is 5.02 Å². The van der Waals surface area contributed by atoms with Crippen LogP contribution >= 0.6 is 27.5 Å². The molecule has 2 heterocycles. The van der Waals surface area contributed by atoms with Crippen LogP contribution in [0.25, 0.3) is 0 Å². The molecule has 0 saturated carbocycles. The quantitative estimate of drug-likeness (QED) is 0.912. The van der Waals surface area contributed by atoms with Crippen molar-refractivity contribution in [3.05, 3.63) is 33.3 Å². The predicted octanol–water partition coefficient (Wildman–Crippen LogP) is 3.54. The first-order chi connectivity index (χ1) is 9.06. The smallest absolute Gasteiger partial charge is 0.308 e. The van der Waals surface area contributed by atoms with Crippen LogP contribution in [0.1, 0.15) is 24.8 Å². The molecule has 0 amide bonds. The normalized spacial score (nSPS) is 29.9. The third kappa shape index (κ3) is 2.41. The van der Waals surface area contributed by atoms with Gasteiger partial charge in [-0.05, 0) is 52.9 Å². The van der Waals surface area contributed by atoms with Gasteiger partial charge in [-0.25, -0.2) is 0 Å². The summed E-state index contributed by atoms with van der Waals surface area (Å²) in [4.78, 5) is 13.6. The first-order valence-corrected chi connectivity index (χ1v) is 7.66. The first kappa shape index (κ1) is 13.4. The maximum atomic E-state index is 11.2. The highest BCUT2D eigenvalue weighted by Crippen LogP contribution is 2.42. The van der Waals surface area contributed by atoms with Crippen molar-refractivity contribution in [1.29, 1.82) is 0 Å². The van der Waals surface area contributed by atoms with Gasteiger partial charge in [0.15, 0.2) is 0 Å². The fourth-order valence-corrected chi connectivity index (χ4v) is 3.91. The zero-order chi connectivity index (χ0) is 13.6. The molecule has 3 unspecified atom stereocenters. The van der Waals surface area contributed by atoms with E-state index in [2.05, 4.69) is 20.8 Å². The van der Waals surface area contributed by atoms with Crippen molar-refractivity contribution in [1.82, 2.24) is 4.90 Å². The molecule has 2 fully saturated rings. The van der Waals surface area contributed by atoms with Gasteiger partial charge in [-0.2, -0.15) is 0 Å². The molecule has 2 aliphatic rings. The number of hydrogen-bond donors (Lipinski definition) is 1. The van der Waals surface area contributed by atoms with Gasteiger partial charge in [0.25, 0.3) is 0 Å².